The summed E-state index contributed by atoms with van der Waals surface area (Å²) in [6, 6.07) is 4.14. The van der Waals surface area contributed by atoms with Crippen molar-refractivity contribution in [3.63, 3.8) is 0 Å². The third-order valence-corrected chi connectivity index (χ3v) is 3.61. The highest BCUT2D eigenvalue weighted by molar-refractivity contribution is 5.85. The molecule has 6 heteroatoms. The summed E-state index contributed by atoms with van der Waals surface area (Å²) < 4.78 is 0. The summed E-state index contributed by atoms with van der Waals surface area (Å²) in [5, 5.41) is 6.29. The molecule has 0 saturated carbocycles. The van der Waals surface area contributed by atoms with E-state index in [1.54, 1.807) is 12.4 Å². The third kappa shape index (κ3) is 5.27. The second-order valence-corrected chi connectivity index (χ2v) is 5.18. The number of hydrogen-bond donors (Lipinski definition) is 2. The highest BCUT2D eigenvalue weighted by atomic mass is 35.5. The van der Waals surface area contributed by atoms with Gasteiger partial charge in [-0.15, -0.1) is 24.8 Å². The SMILES string of the molecule is CC(Cc1ccncc1)NC(=O)C(C)C1CNC1.Cl.Cl. The lowest BCUT2D eigenvalue weighted by Gasteiger charge is -2.32. The van der Waals surface area contributed by atoms with Crippen molar-refractivity contribution in [3.05, 3.63) is 30.1 Å². The van der Waals surface area contributed by atoms with Crippen molar-refractivity contribution < 1.29 is 4.79 Å². The Hall–Kier alpha value is -0.840. The van der Waals surface area contributed by atoms with Crippen LogP contribution in [0.15, 0.2) is 24.5 Å². The van der Waals surface area contributed by atoms with E-state index in [9.17, 15) is 4.79 Å². The first-order chi connectivity index (χ1) is 8.66. The van der Waals surface area contributed by atoms with Crippen LogP contribution in [0, 0.1) is 11.8 Å². The van der Waals surface area contributed by atoms with E-state index in [2.05, 4.69) is 15.6 Å². The van der Waals surface area contributed by atoms with Crippen molar-refractivity contribution in [2.75, 3.05) is 13.1 Å². The zero-order valence-electron chi connectivity index (χ0n) is 11.8. The molecular weight excluding hydrogens is 297 g/mol. The molecule has 1 aromatic rings. The molecule has 0 radical (unpaired) electrons. The van der Waals surface area contributed by atoms with Gasteiger partial charge in [0.25, 0.3) is 0 Å². The first-order valence-electron chi connectivity index (χ1n) is 6.57. The lowest BCUT2D eigenvalue weighted by molar-refractivity contribution is -0.127. The van der Waals surface area contributed by atoms with Crippen molar-refractivity contribution >= 4 is 30.7 Å². The number of aromatic nitrogens is 1. The van der Waals surface area contributed by atoms with E-state index in [0.29, 0.717) is 5.92 Å². The Morgan fingerprint density at radius 2 is 1.95 bits per heavy atom. The molecule has 1 fully saturated rings. The third-order valence-electron chi connectivity index (χ3n) is 3.61. The minimum Gasteiger partial charge on any atom is -0.353 e. The van der Waals surface area contributed by atoms with Crippen LogP contribution in [0.5, 0.6) is 0 Å². The van der Waals surface area contributed by atoms with Crippen LogP contribution >= 0.6 is 24.8 Å². The fraction of sp³-hybridized carbons (Fsp3) is 0.571. The number of carbonyl (C=O) groups excluding carboxylic acids is 1. The fourth-order valence-corrected chi connectivity index (χ4v) is 2.18. The molecule has 0 spiro atoms. The smallest absolute Gasteiger partial charge is 0.223 e. The van der Waals surface area contributed by atoms with Gasteiger partial charge < -0.3 is 10.6 Å². The summed E-state index contributed by atoms with van der Waals surface area (Å²) in [7, 11) is 0. The van der Waals surface area contributed by atoms with Crippen molar-refractivity contribution in [3.8, 4) is 0 Å². The predicted molar refractivity (Wildman–Crippen MR) is 85.6 cm³/mol. The number of amides is 1. The monoisotopic (exact) mass is 319 g/mol. The molecule has 4 nitrogen and oxygen atoms in total. The number of rotatable bonds is 5. The van der Waals surface area contributed by atoms with Crippen molar-refractivity contribution in [2.45, 2.75) is 26.3 Å². The fourth-order valence-electron chi connectivity index (χ4n) is 2.18. The maximum absolute atomic E-state index is 12.0. The molecule has 2 unspecified atom stereocenters. The van der Waals surface area contributed by atoms with E-state index in [1.807, 2.05) is 26.0 Å². The number of nitrogens with one attached hydrogen (secondary N) is 2. The Bertz CT molecular complexity index is 399. The molecular formula is C14H23Cl2N3O. The van der Waals surface area contributed by atoms with E-state index >= 15 is 0 Å². The average molecular weight is 320 g/mol. The van der Waals surface area contributed by atoms with Gasteiger partial charge in [0.05, 0.1) is 0 Å². The van der Waals surface area contributed by atoms with E-state index < -0.39 is 0 Å². The summed E-state index contributed by atoms with van der Waals surface area (Å²) in [4.78, 5) is 16.0. The largest absolute Gasteiger partial charge is 0.353 e. The maximum Gasteiger partial charge on any atom is 0.223 e. The summed E-state index contributed by atoms with van der Waals surface area (Å²) in [5.74, 6) is 0.771. The van der Waals surface area contributed by atoms with Crippen LogP contribution in [0.3, 0.4) is 0 Å². The van der Waals surface area contributed by atoms with Gasteiger partial charge in [-0.2, -0.15) is 0 Å². The quantitative estimate of drug-likeness (QED) is 0.870. The van der Waals surface area contributed by atoms with Crippen molar-refractivity contribution in [1.29, 1.82) is 0 Å². The summed E-state index contributed by atoms with van der Waals surface area (Å²) in [6.45, 7) is 5.99. The minimum atomic E-state index is 0. The summed E-state index contributed by atoms with van der Waals surface area (Å²) in [6.07, 6.45) is 4.42. The van der Waals surface area contributed by atoms with Crippen molar-refractivity contribution in [2.24, 2.45) is 11.8 Å². The standard InChI is InChI=1S/C14H21N3O.2ClH/c1-10(7-12-3-5-15-6-4-12)17-14(18)11(2)13-8-16-9-13;;/h3-6,10-11,13,16H,7-9H2,1-2H3,(H,17,18);2*1H. The maximum atomic E-state index is 12.0. The molecule has 2 rings (SSSR count). The van der Waals surface area contributed by atoms with Gasteiger partial charge in [0.1, 0.15) is 0 Å². The lowest BCUT2D eigenvalue weighted by atomic mass is 9.88. The van der Waals surface area contributed by atoms with Crippen LogP contribution in [0.2, 0.25) is 0 Å². The van der Waals surface area contributed by atoms with Crippen LogP contribution in [0.4, 0.5) is 0 Å². The van der Waals surface area contributed by atoms with Crippen LogP contribution in [0.1, 0.15) is 19.4 Å². The molecule has 1 saturated heterocycles. The molecule has 1 aliphatic heterocycles. The van der Waals surface area contributed by atoms with Crippen LogP contribution < -0.4 is 10.6 Å². The first-order valence-corrected chi connectivity index (χ1v) is 6.57. The number of hydrogen-bond acceptors (Lipinski definition) is 3. The lowest BCUT2D eigenvalue weighted by Crippen LogP contribution is -2.50. The summed E-state index contributed by atoms with van der Waals surface area (Å²) >= 11 is 0. The van der Waals surface area contributed by atoms with Gasteiger partial charge >= 0.3 is 0 Å². The molecule has 1 amide bonds. The van der Waals surface area contributed by atoms with Gasteiger partial charge in [-0.25, -0.2) is 0 Å². The Morgan fingerprint density at radius 3 is 2.45 bits per heavy atom. The van der Waals surface area contributed by atoms with Gasteiger partial charge in [-0.3, -0.25) is 9.78 Å². The molecule has 20 heavy (non-hydrogen) atoms. The van der Waals surface area contributed by atoms with E-state index in [-0.39, 0.29) is 42.7 Å². The topological polar surface area (TPSA) is 54.0 Å². The number of nitrogens with zero attached hydrogens (tertiary/aromatic N) is 1. The second kappa shape index (κ2) is 9.16. The van der Waals surface area contributed by atoms with Crippen molar-refractivity contribution in [1.82, 2.24) is 15.6 Å². The molecule has 0 aliphatic carbocycles. The highest BCUT2D eigenvalue weighted by Crippen LogP contribution is 2.16. The van der Waals surface area contributed by atoms with E-state index in [0.717, 1.165) is 19.5 Å². The van der Waals surface area contributed by atoms with Crippen LogP contribution in [0.25, 0.3) is 0 Å². The van der Waals surface area contributed by atoms with Gasteiger partial charge in [0.2, 0.25) is 5.91 Å². The average Bonchev–Trinajstić information content (AvgIpc) is 2.27. The zero-order valence-corrected chi connectivity index (χ0v) is 13.5. The Balaban J connectivity index is 0.00000180. The van der Waals surface area contributed by atoms with E-state index in [4.69, 9.17) is 0 Å². The zero-order chi connectivity index (χ0) is 13.0. The van der Waals surface area contributed by atoms with Gasteiger partial charge in [-0.1, -0.05) is 6.92 Å². The van der Waals surface area contributed by atoms with Crippen LogP contribution in [-0.4, -0.2) is 30.0 Å². The molecule has 1 aromatic heterocycles. The Morgan fingerprint density at radius 1 is 1.35 bits per heavy atom. The molecule has 2 heterocycles. The second-order valence-electron chi connectivity index (χ2n) is 5.18. The number of halogens is 2. The molecule has 1 aliphatic rings. The van der Waals surface area contributed by atoms with Gasteiger partial charge in [0.15, 0.2) is 0 Å². The Labute approximate surface area is 132 Å². The van der Waals surface area contributed by atoms with E-state index in [1.165, 1.54) is 5.56 Å². The Kier molecular flexibility index (Phi) is 8.78. The molecule has 114 valence electrons. The molecule has 2 N–H and O–H groups in total. The number of pyridine rings is 1. The first kappa shape index (κ1) is 19.2. The normalized spacial score (nSPS) is 16.9. The van der Waals surface area contributed by atoms with Gasteiger partial charge in [-0.05, 0) is 50.0 Å². The van der Waals surface area contributed by atoms with Gasteiger partial charge in [0, 0.05) is 24.4 Å². The number of carbonyl (C=O) groups is 1. The molecule has 0 bridgehead atoms. The predicted octanol–water partition coefficient (Wildman–Crippen LogP) is 1.83. The minimum absolute atomic E-state index is 0. The molecule has 2 atom stereocenters. The highest BCUT2D eigenvalue weighted by Gasteiger charge is 2.29. The van der Waals surface area contributed by atoms with Crippen LogP contribution in [-0.2, 0) is 11.2 Å². The molecule has 0 aromatic carbocycles. The summed E-state index contributed by atoms with van der Waals surface area (Å²) in [5.41, 5.74) is 1.20.